The lowest BCUT2D eigenvalue weighted by atomic mass is 10.1. The Balaban J connectivity index is 1.62. The predicted molar refractivity (Wildman–Crippen MR) is 102 cm³/mol. The Kier molecular flexibility index (Phi) is 3.99. The van der Waals surface area contributed by atoms with E-state index in [2.05, 4.69) is 26.2 Å². The summed E-state index contributed by atoms with van der Waals surface area (Å²) in [6.45, 7) is 1.88. The van der Waals surface area contributed by atoms with Crippen molar-refractivity contribution in [3.8, 4) is 10.6 Å². The molecule has 3 heterocycles. The molecule has 1 aromatic carbocycles. The van der Waals surface area contributed by atoms with Crippen molar-refractivity contribution < 1.29 is 9.21 Å². The summed E-state index contributed by atoms with van der Waals surface area (Å²) in [6, 6.07) is 9.67. The van der Waals surface area contributed by atoms with E-state index in [0.717, 1.165) is 26.0 Å². The summed E-state index contributed by atoms with van der Waals surface area (Å²) in [5.74, 6) is 0.0304. The minimum absolute atomic E-state index is 0.285. The fourth-order valence-corrected chi connectivity index (χ4v) is 4.26. The number of halogens is 1. The van der Waals surface area contributed by atoms with Gasteiger partial charge in [0.1, 0.15) is 5.58 Å². The number of thiophene rings is 1. The molecule has 24 heavy (non-hydrogen) atoms. The first-order valence-electron chi connectivity index (χ1n) is 7.11. The average molecular weight is 419 g/mol. The maximum absolute atomic E-state index is 12.5. The molecule has 4 aromatic rings. The van der Waals surface area contributed by atoms with Crippen LogP contribution in [0, 0.1) is 6.92 Å². The molecule has 0 spiro atoms. The van der Waals surface area contributed by atoms with E-state index in [0.29, 0.717) is 16.5 Å². The van der Waals surface area contributed by atoms with Gasteiger partial charge in [0, 0.05) is 20.8 Å². The molecular weight excluding hydrogens is 408 g/mol. The number of aryl methyl sites for hydroxylation is 1. The van der Waals surface area contributed by atoms with E-state index < -0.39 is 0 Å². The van der Waals surface area contributed by atoms with Crippen molar-refractivity contribution in [1.29, 1.82) is 0 Å². The third-order valence-corrected chi connectivity index (χ3v) is 5.75. The summed E-state index contributed by atoms with van der Waals surface area (Å²) >= 11 is 6.46. The maximum atomic E-state index is 12.5. The Morgan fingerprint density at radius 3 is 2.96 bits per heavy atom. The molecule has 7 heteroatoms. The van der Waals surface area contributed by atoms with E-state index in [-0.39, 0.29) is 5.91 Å². The van der Waals surface area contributed by atoms with Crippen molar-refractivity contribution in [2.75, 3.05) is 5.32 Å². The van der Waals surface area contributed by atoms with Crippen LogP contribution >= 0.6 is 38.6 Å². The van der Waals surface area contributed by atoms with Gasteiger partial charge in [-0.15, -0.1) is 22.7 Å². The minimum Gasteiger partial charge on any atom is -0.451 e. The molecule has 0 saturated carbocycles. The summed E-state index contributed by atoms with van der Waals surface area (Å²) in [7, 11) is 0. The van der Waals surface area contributed by atoms with Crippen molar-refractivity contribution in [2.24, 2.45) is 0 Å². The number of hydrogen-bond acceptors (Lipinski definition) is 5. The van der Waals surface area contributed by atoms with Gasteiger partial charge in [0.15, 0.2) is 10.9 Å². The molecule has 120 valence electrons. The van der Waals surface area contributed by atoms with Gasteiger partial charge in [0.2, 0.25) is 0 Å². The normalized spacial score (nSPS) is 11.1. The number of aromatic nitrogens is 1. The molecule has 0 bridgehead atoms. The second-order valence-corrected chi connectivity index (χ2v) is 7.89. The van der Waals surface area contributed by atoms with Gasteiger partial charge in [-0.05, 0) is 36.6 Å². The van der Waals surface area contributed by atoms with E-state index >= 15 is 0 Å². The van der Waals surface area contributed by atoms with Gasteiger partial charge in [0.05, 0.1) is 10.6 Å². The van der Waals surface area contributed by atoms with E-state index in [1.807, 2.05) is 48.0 Å². The van der Waals surface area contributed by atoms with Crippen LogP contribution in [-0.2, 0) is 0 Å². The Hall–Kier alpha value is -1.96. The lowest BCUT2D eigenvalue weighted by Gasteiger charge is -1.99. The van der Waals surface area contributed by atoms with Crippen LogP contribution in [0.15, 0.2) is 50.0 Å². The highest BCUT2D eigenvalue weighted by atomic mass is 79.9. The number of furan rings is 1. The van der Waals surface area contributed by atoms with Crippen LogP contribution in [-0.4, -0.2) is 10.9 Å². The molecule has 1 amide bonds. The summed E-state index contributed by atoms with van der Waals surface area (Å²) in [5.41, 5.74) is 2.38. The van der Waals surface area contributed by atoms with E-state index in [4.69, 9.17) is 4.42 Å². The lowest BCUT2D eigenvalue weighted by Crippen LogP contribution is -2.11. The number of anilines is 1. The molecule has 0 aliphatic carbocycles. The average Bonchev–Trinajstić information content (AvgIpc) is 3.28. The molecule has 4 nitrogen and oxygen atoms in total. The molecule has 3 aromatic heterocycles. The number of rotatable bonds is 3. The lowest BCUT2D eigenvalue weighted by molar-refractivity contribution is 0.0998. The zero-order valence-electron chi connectivity index (χ0n) is 12.5. The second kappa shape index (κ2) is 6.16. The number of carbonyl (C=O) groups excluding carboxylic acids is 1. The highest BCUT2D eigenvalue weighted by Crippen LogP contribution is 2.31. The predicted octanol–water partition coefficient (Wildman–Crippen LogP) is 5.94. The Bertz CT molecular complexity index is 1030. The Morgan fingerprint density at radius 1 is 1.29 bits per heavy atom. The topological polar surface area (TPSA) is 55.1 Å². The van der Waals surface area contributed by atoms with Crippen LogP contribution in [0.1, 0.15) is 16.1 Å². The van der Waals surface area contributed by atoms with Crippen molar-refractivity contribution >= 4 is 60.6 Å². The number of carbonyl (C=O) groups is 1. The smallest absolute Gasteiger partial charge is 0.293 e. The van der Waals surface area contributed by atoms with E-state index in [9.17, 15) is 4.79 Å². The Labute approximate surface area is 154 Å². The van der Waals surface area contributed by atoms with Gasteiger partial charge in [-0.25, -0.2) is 4.98 Å². The molecule has 0 aliphatic heterocycles. The van der Waals surface area contributed by atoms with E-state index in [1.54, 1.807) is 11.3 Å². The molecule has 1 N–H and O–H groups in total. The van der Waals surface area contributed by atoms with Gasteiger partial charge in [-0.1, -0.05) is 22.0 Å². The van der Waals surface area contributed by atoms with Crippen molar-refractivity contribution in [3.63, 3.8) is 0 Å². The SMILES string of the molecule is Cc1c(C(=O)Nc2nc(-c3cccs3)cs2)oc2ccc(Br)cc12. The largest absolute Gasteiger partial charge is 0.451 e. The van der Waals surface area contributed by atoms with Gasteiger partial charge < -0.3 is 4.42 Å². The van der Waals surface area contributed by atoms with Gasteiger partial charge in [-0.2, -0.15) is 0 Å². The summed E-state index contributed by atoms with van der Waals surface area (Å²) in [6.07, 6.45) is 0. The first kappa shape index (κ1) is 15.6. The third-order valence-electron chi connectivity index (χ3n) is 3.60. The summed E-state index contributed by atoms with van der Waals surface area (Å²) < 4.78 is 6.66. The highest BCUT2D eigenvalue weighted by Gasteiger charge is 2.19. The van der Waals surface area contributed by atoms with Gasteiger partial charge >= 0.3 is 0 Å². The molecule has 0 saturated heterocycles. The molecule has 0 radical (unpaired) electrons. The fraction of sp³-hybridized carbons (Fsp3) is 0.0588. The minimum atomic E-state index is -0.285. The van der Waals surface area contributed by atoms with Crippen molar-refractivity contribution in [3.05, 3.63) is 56.9 Å². The van der Waals surface area contributed by atoms with Crippen LogP contribution in [0.5, 0.6) is 0 Å². The highest BCUT2D eigenvalue weighted by molar-refractivity contribution is 9.10. The molecule has 4 rings (SSSR count). The quantitative estimate of drug-likeness (QED) is 0.447. The number of nitrogens with zero attached hydrogens (tertiary/aromatic N) is 1. The first-order chi connectivity index (χ1) is 11.6. The number of benzene rings is 1. The number of fused-ring (bicyclic) bond motifs is 1. The summed E-state index contributed by atoms with van der Waals surface area (Å²) in [4.78, 5) is 18.1. The molecule has 0 fully saturated rings. The van der Waals surface area contributed by atoms with Crippen LogP contribution in [0.2, 0.25) is 0 Å². The molecule has 0 aliphatic rings. The zero-order chi connectivity index (χ0) is 16.7. The summed E-state index contributed by atoms with van der Waals surface area (Å²) in [5, 5.41) is 8.25. The second-order valence-electron chi connectivity index (χ2n) is 5.17. The first-order valence-corrected chi connectivity index (χ1v) is 9.66. The number of hydrogen-bond donors (Lipinski definition) is 1. The van der Waals surface area contributed by atoms with Crippen LogP contribution in [0.4, 0.5) is 5.13 Å². The molecule has 0 atom stereocenters. The molecule has 0 unspecified atom stereocenters. The number of thiazole rings is 1. The standard InChI is InChI=1S/C17H11BrN2O2S2/c1-9-11-7-10(18)4-5-13(11)22-15(9)16(21)20-17-19-12(8-24-17)14-3-2-6-23-14/h2-8H,1H3,(H,19,20,21). The number of amides is 1. The monoisotopic (exact) mass is 418 g/mol. The Morgan fingerprint density at radius 2 is 2.17 bits per heavy atom. The van der Waals surface area contributed by atoms with Crippen molar-refractivity contribution in [1.82, 2.24) is 4.98 Å². The third kappa shape index (κ3) is 2.79. The zero-order valence-corrected chi connectivity index (χ0v) is 15.7. The maximum Gasteiger partial charge on any atom is 0.293 e. The van der Waals surface area contributed by atoms with Gasteiger partial charge in [0.25, 0.3) is 5.91 Å². The number of nitrogens with one attached hydrogen (secondary N) is 1. The van der Waals surface area contributed by atoms with Crippen LogP contribution < -0.4 is 5.32 Å². The van der Waals surface area contributed by atoms with Crippen LogP contribution in [0.25, 0.3) is 21.5 Å². The van der Waals surface area contributed by atoms with Crippen molar-refractivity contribution in [2.45, 2.75) is 6.92 Å². The fourth-order valence-electron chi connectivity index (χ4n) is 2.43. The molecular formula is C17H11BrN2O2S2. The van der Waals surface area contributed by atoms with E-state index in [1.165, 1.54) is 11.3 Å². The van der Waals surface area contributed by atoms with Gasteiger partial charge in [-0.3, -0.25) is 10.1 Å². The van der Waals surface area contributed by atoms with Crippen LogP contribution in [0.3, 0.4) is 0 Å².